The predicted octanol–water partition coefficient (Wildman–Crippen LogP) is 2.99. The highest BCUT2D eigenvalue weighted by molar-refractivity contribution is 7.10. The lowest BCUT2D eigenvalue weighted by Gasteiger charge is -2.06. The van der Waals surface area contributed by atoms with E-state index in [9.17, 15) is 4.79 Å². The quantitative estimate of drug-likeness (QED) is 0.885. The first kappa shape index (κ1) is 10.7. The zero-order valence-corrected chi connectivity index (χ0v) is 10.7. The molecule has 0 atom stereocenters. The summed E-state index contributed by atoms with van der Waals surface area (Å²) in [6.07, 6.45) is 2.29. The van der Waals surface area contributed by atoms with Gasteiger partial charge >= 0.3 is 0 Å². The molecule has 17 heavy (non-hydrogen) atoms. The second kappa shape index (κ2) is 3.81. The average molecular weight is 246 g/mol. The van der Waals surface area contributed by atoms with Gasteiger partial charge in [0.05, 0.1) is 5.69 Å². The third kappa shape index (κ3) is 1.82. The Morgan fingerprint density at radius 3 is 2.76 bits per heavy atom. The van der Waals surface area contributed by atoms with E-state index in [1.165, 1.54) is 4.88 Å². The van der Waals surface area contributed by atoms with Gasteiger partial charge < -0.3 is 4.98 Å². The van der Waals surface area contributed by atoms with Gasteiger partial charge in [0.25, 0.3) is 5.56 Å². The molecule has 2 heterocycles. The third-order valence-electron chi connectivity index (χ3n) is 3.25. The van der Waals surface area contributed by atoms with E-state index in [0.29, 0.717) is 5.92 Å². The van der Waals surface area contributed by atoms with Crippen molar-refractivity contribution in [3.63, 3.8) is 0 Å². The molecule has 4 heteroatoms. The van der Waals surface area contributed by atoms with Crippen molar-refractivity contribution in [1.29, 1.82) is 0 Å². The Bertz CT molecular complexity index is 623. The van der Waals surface area contributed by atoms with E-state index in [-0.39, 0.29) is 5.56 Å². The molecular formula is C13H14N2OS. The predicted molar refractivity (Wildman–Crippen MR) is 69.6 cm³/mol. The Morgan fingerprint density at radius 1 is 1.41 bits per heavy atom. The van der Waals surface area contributed by atoms with Crippen molar-refractivity contribution in [3.05, 3.63) is 38.1 Å². The van der Waals surface area contributed by atoms with Crippen LogP contribution in [0.3, 0.4) is 0 Å². The van der Waals surface area contributed by atoms with Crippen LogP contribution in [0.4, 0.5) is 0 Å². The third-order valence-corrected chi connectivity index (χ3v) is 4.09. The summed E-state index contributed by atoms with van der Waals surface area (Å²) in [7, 11) is 0. The minimum Gasteiger partial charge on any atom is -0.310 e. The van der Waals surface area contributed by atoms with Crippen LogP contribution in [-0.2, 0) is 0 Å². The molecular weight excluding hydrogens is 232 g/mol. The number of H-pyrrole nitrogens is 1. The smallest absolute Gasteiger partial charge is 0.254 e. The van der Waals surface area contributed by atoms with E-state index < -0.39 is 0 Å². The van der Waals surface area contributed by atoms with Gasteiger partial charge in [0, 0.05) is 21.9 Å². The van der Waals surface area contributed by atoms with Crippen molar-refractivity contribution in [2.45, 2.75) is 32.6 Å². The molecule has 88 valence electrons. The van der Waals surface area contributed by atoms with Crippen molar-refractivity contribution in [2.75, 3.05) is 0 Å². The van der Waals surface area contributed by atoms with Crippen LogP contribution in [0.1, 0.15) is 35.0 Å². The number of aryl methyl sites for hydroxylation is 1. The topological polar surface area (TPSA) is 45.8 Å². The molecule has 1 fully saturated rings. The molecule has 0 aromatic carbocycles. The van der Waals surface area contributed by atoms with Crippen molar-refractivity contribution in [1.82, 2.24) is 9.97 Å². The lowest BCUT2D eigenvalue weighted by Crippen LogP contribution is -2.15. The molecule has 0 spiro atoms. The summed E-state index contributed by atoms with van der Waals surface area (Å²) in [6, 6.07) is 2.05. The van der Waals surface area contributed by atoms with Crippen LogP contribution >= 0.6 is 11.3 Å². The number of nitrogens with zero attached hydrogens (tertiary/aromatic N) is 1. The van der Waals surface area contributed by atoms with Crippen molar-refractivity contribution >= 4 is 11.3 Å². The number of rotatable bonds is 2. The molecule has 2 aromatic heterocycles. The van der Waals surface area contributed by atoms with Crippen LogP contribution in [0.15, 0.2) is 16.2 Å². The number of aromatic amines is 1. The molecule has 0 unspecified atom stereocenters. The second-order valence-corrected chi connectivity index (χ2v) is 5.71. The molecule has 0 saturated heterocycles. The molecule has 0 aliphatic heterocycles. The van der Waals surface area contributed by atoms with Gasteiger partial charge in [-0.15, -0.1) is 11.3 Å². The van der Waals surface area contributed by atoms with Crippen LogP contribution in [0, 0.1) is 13.8 Å². The van der Waals surface area contributed by atoms with Gasteiger partial charge in [-0.25, -0.2) is 4.98 Å². The first-order valence-electron chi connectivity index (χ1n) is 5.82. The summed E-state index contributed by atoms with van der Waals surface area (Å²) in [6.45, 7) is 3.91. The van der Waals surface area contributed by atoms with Crippen LogP contribution in [0.5, 0.6) is 0 Å². The monoisotopic (exact) mass is 246 g/mol. The number of aromatic nitrogens is 2. The summed E-state index contributed by atoms with van der Waals surface area (Å²) in [5.41, 5.74) is 2.67. The minimum absolute atomic E-state index is 0.00231. The molecule has 1 aliphatic rings. The Hall–Kier alpha value is -1.42. The normalized spacial score (nSPS) is 15.2. The Balaban J connectivity index is 2.21. The Morgan fingerprint density at radius 2 is 2.18 bits per heavy atom. The maximum Gasteiger partial charge on any atom is 0.254 e. The van der Waals surface area contributed by atoms with E-state index in [0.717, 1.165) is 35.5 Å². The van der Waals surface area contributed by atoms with E-state index in [2.05, 4.69) is 16.9 Å². The van der Waals surface area contributed by atoms with E-state index >= 15 is 0 Å². The summed E-state index contributed by atoms with van der Waals surface area (Å²) in [5.74, 6) is 1.34. The van der Waals surface area contributed by atoms with Crippen LogP contribution in [-0.4, -0.2) is 9.97 Å². The van der Waals surface area contributed by atoms with Crippen LogP contribution < -0.4 is 5.56 Å². The van der Waals surface area contributed by atoms with Gasteiger partial charge in [-0.3, -0.25) is 4.79 Å². The van der Waals surface area contributed by atoms with Crippen molar-refractivity contribution in [2.24, 2.45) is 0 Å². The first-order valence-corrected chi connectivity index (χ1v) is 6.70. The maximum absolute atomic E-state index is 11.9. The molecule has 0 bridgehead atoms. The maximum atomic E-state index is 11.9. The fraction of sp³-hybridized carbons (Fsp3) is 0.385. The Kier molecular flexibility index (Phi) is 2.40. The van der Waals surface area contributed by atoms with Gasteiger partial charge in [-0.2, -0.15) is 0 Å². The van der Waals surface area contributed by atoms with E-state index in [4.69, 9.17) is 0 Å². The average Bonchev–Trinajstić information content (AvgIpc) is 3.06. The highest BCUT2D eigenvalue weighted by atomic mass is 32.1. The molecule has 1 N–H and O–H groups in total. The highest BCUT2D eigenvalue weighted by Crippen LogP contribution is 2.38. The standard InChI is InChI=1S/C13H14N2OS/c1-7-11(10-5-6-17-8(10)2)14-12(9-3-4-9)15-13(7)16/h5-6,9H,3-4H2,1-2H3,(H,14,15,16). The molecule has 0 amide bonds. The largest absolute Gasteiger partial charge is 0.310 e. The number of hydrogen-bond donors (Lipinski definition) is 1. The number of thiophene rings is 1. The zero-order chi connectivity index (χ0) is 12.0. The lowest BCUT2D eigenvalue weighted by molar-refractivity contribution is 0.900. The van der Waals surface area contributed by atoms with E-state index in [1.807, 2.05) is 18.4 Å². The minimum atomic E-state index is 0.00231. The number of nitrogens with one attached hydrogen (secondary N) is 1. The molecule has 3 rings (SSSR count). The van der Waals surface area contributed by atoms with Gasteiger partial charge in [0.2, 0.25) is 0 Å². The van der Waals surface area contributed by atoms with Gasteiger partial charge in [0.1, 0.15) is 5.82 Å². The van der Waals surface area contributed by atoms with E-state index in [1.54, 1.807) is 11.3 Å². The van der Waals surface area contributed by atoms with Gasteiger partial charge in [0.15, 0.2) is 0 Å². The SMILES string of the molecule is Cc1sccc1-c1nc(C2CC2)[nH]c(=O)c1C. The van der Waals surface area contributed by atoms with Crippen LogP contribution in [0.25, 0.3) is 11.3 Å². The van der Waals surface area contributed by atoms with Gasteiger partial charge in [-0.05, 0) is 38.1 Å². The molecule has 1 saturated carbocycles. The highest BCUT2D eigenvalue weighted by Gasteiger charge is 2.27. The second-order valence-electron chi connectivity index (χ2n) is 4.59. The fourth-order valence-electron chi connectivity index (χ4n) is 1.99. The molecule has 3 nitrogen and oxygen atoms in total. The summed E-state index contributed by atoms with van der Waals surface area (Å²) in [5, 5.41) is 2.05. The summed E-state index contributed by atoms with van der Waals surface area (Å²) in [4.78, 5) is 20.7. The van der Waals surface area contributed by atoms with Gasteiger partial charge in [-0.1, -0.05) is 0 Å². The molecule has 2 aromatic rings. The van der Waals surface area contributed by atoms with Crippen LogP contribution in [0.2, 0.25) is 0 Å². The van der Waals surface area contributed by atoms with Crippen molar-refractivity contribution < 1.29 is 0 Å². The first-order chi connectivity index (χ1) is 8.16. The zero-order valence-electron chi connectivity index (χ0n) is 9.91. The molecule has 0 radical (unpaired) electrons. The summed E-state index contributed by atoms with van der Waals surface area (Å²) < 4.78 is 0. The molecule has 1 aliphatic carbocycles. The lowest BCUT2D eigenvalue weighted by atomic mass is 10.1. The number of hydrogen-bond acceptors (Lipinski definition) is 3. The van der Waals surface area contributed by atoms with Crippen molar-refractivity contribution in [3.8, 4) is 11.3 Å². The summed E-state index contributed by atoms with van der Waals surface area (Å²) >= 11 is 1.69. The Labute approximate surface area is 104 Å². The fourth-order valence-corrected chi connectivity index (χ4v) is 2.69.